The van der Waals surface area contributed by atoms with Gasteiger partial charge in [0.1, 0.15) is 0 Å². The number of hydrogen-bond donors (Lipinski definition) is 1. The SMILES string of the molecule is Nc1cccc(-n2c3ccccc3n3c4ccccc4nc23)c1. The highest BCUT2D eigenvalue weighted by Gasteiger charge is 2.16. The van der Waals surface area contributed by atoms with Crippen LogP contribution in [0.4, 0.5) is 5.69 Å². The number of nitrogen functional groups attached to an aromatic ring is 1. The Hall–Kier alpha value is -3.27. The quantitative estimate of drug-likeness (QED) is 0.475. The van der Waals surface area contributed by atoms with Crippen LogP contribution in [0, 0.1) is 0 Å². The van der Waals surface area contributed by atoms with Crippen LogP contribution in [0.1, 0.15) is 0 Å². The first-order valence-corrected chi connectivity index (χ1v) is 7.55. The van der Waals surface area contributed by atoms with E-state index in [0.29, 0.717) is 0 Å². The van der Waals surface area contributed by atoms with Crippen LogP contribution in [0.5, 0.6) is 0 Å². The second kappa shape index (κ2) is 4.36. The Labute approximate surface area is 132 Å². The maximum absolute atomic E-state index is 5.99. The highest BCUT2D eigenvalue weighted by molar-refractivity contribution is 5.92. The monoisotopic (exact) mass is 298 g/mol. The Kier molecular flexibility index (Phi) is 2.33. The van der Waals surface area contributed by atoms with Gasteiger partial charge in [0.25, 0.3) is 0 Å². The molecule has 2 N–H and O–H groups in total. The van der Waals surface area contributed by atoms with Crippen molar-refractivity contribution in [3.8, 4) is 5.69 Å². The summed E-state index contributed by atoms with van der Waals surface area (Å²) in [6.45, 7) is 0. The third-order valence-corrected chi connectivity index (χ3v) is 4.24. The van der Waals surface area contributed by atoms with Crippen molar-refractivity contribution in [2.24, 2.45) is 0 Å². The summed E-state index contributed by atoms with van der Waals surface area (Å²) in [7, 11) is 0. The molecule has 0 saturated heterocycles. The van der Waals surface area contributed by atoms with E-state index in [1.807, 2.05) is 42.5 Å². The predicted molar refractivity (Wildman–Crippen MR) is 93.9 cm³/mol. The molecule has 4 nitrogen and oxygen atoms in total. The first-order chi connectivity index (χ1) is 11.3. The maximum Gasteiger partial charge on any atom is 0.220 e. The summed E-state index contributed by atoms with van der Waals surface area (Å²) in [5.41, 5.74) is 12.1. The van der Waals surface area contributed by atoms with Gasteiger partial charge in [-0.2, -0.15) is 0 Å². The van der Waals surface area contributed by atoms with Gasteiger partial charge in [-0.05, 0) is 42.5 Å². The van der Waals surface area contributed by atoms with E-state index in [9.17, 15) is 0 Å². The zero-order chi connectivity index (χ0) is 15.4. The van der Waals surface area contributed by atoms with Crippen LogP contribution in [0.25, 0.3) is 33.5 Å². The number of fused-ring (bicyclic) bond motifs is 5. The fourth-order valence-corrected chi connectivity index (χ4v) is 3.27. The molecule has 4 heteroatoms. The molecule has 0 spiro atoms. The Balaban J connectivity index is 2.04. The number of rotatable bonds is 1. The number of hydrogen-bond acceptors (Lipinski definition) is 2. The van der Waals surface area contributed by atoms with Crippen LogP contribution in [0.3, 0.4) is 0 Å². The van der Waals surface area contributed by atoms with Crippen molar-refractivity contribution in [3.63, 3.8) is 0 Å². The van der Waals surface area contributed by atoms with E-state index in [0.717, 1.165) is 39.2 Å². The number of nitrogens with zero attached hydrogens (tertiary/aromatic N) is 3. The highest BCUT2D eigenvalue weighted by Crippen LogP contribution is 2.29. The van der Waals surface area contributed by atoms with Crippen LogP contribution in [0.2, 0.25) is 0 Å². The standard InChI is InChI=1S/C19H14N4/c20-13-6-5-7-14(12-13)22-17-10-3-4-11-18(17)23-16-9-2-1-8-15(16)21-19(22)23/h1-12H,20H2. The van der Waals surface area contributed by atoms with Gasteiger partial charge in [-0.25, -0.2) is 4.98 Å². The summed E-state index contributed by atoms with van der Waals surface area (Å²) in [5.74, 6) is 0.901. The molecule has 5 rings (SSSR count). The van der Waals surface area contributed by atoms with Crippen molar-refractivity contribution >= 4 is 33.5 Å². The second-order valence-electron chi connectivity index (χ2n) is 5.66. The molecule has 0 bridgehead atoms. The molecule has 0 aliphatic heterocycles. The van der Waals surface area contributed by atoms with Gasteiger partial charge in [-0.15, -0.1) is 0 Å². The zero-order valence-corrected chi connectivity index (χ0v) is 12.3. The molecule has 0 radical (unpaired) electrons. The van der Waals surface area contributed by atoms with E-state index in [1.165, 1.54) is 0 Å². The third-order valence-electron chi connectivity index (χ3n) is 4.24. The summed E-state index contributed by atoms with van der Waals surface area (Å²) in [4.78, 5) is 4.84. The summed E-state index contributed by atoms with van der Waals surface area (Å²) < 4.78 is 4.36. The van der Waals surface area contributed by atoms with Crippen LogP contribution < -0.4 is 5.73 Å². The Bertz CT molecular complexity index is 1180. The molecule has 0 aliphatic carbocycles. The molecule has 0 atom stereocenters. The minimum Gasteiger partial charge on any atom is -0.399 e. The average Bonchev–Trinajstić information content (AvgIpc) is 3.09. The summed E-state index contributed by atoms with van der Waals surface area (Å²) >= 11 is 0. The van der Waals surface area contributed by atoms with Gasteiger partial charge in [0, 0.05) is 5.69 Å². The van der Waals surface area contributed by atoms with E-state index in [4.69, 9.17) is 10.7 Å². The molecular formula is C19H14N4. The lowest BCUT2D eigenvalue weighted by atomic mass is 10.2. The van der Waals surface area contributed by atoms with Gasteiger partial charge >= 0.3 is 0 Å². The molecule has 0 fully saturated rings. The molecule has 0 amide bonds. The van der Waals surface area contributed by atoms with Gasteiger partial charge in [-0.3, -0.25) is 8.97 Å². The van der Waals surface area contributed by atoms with Gasteiger partial charge in [0.2, 0.25) is 5.78 Å². The molecule has 23 heavy (non-hydrogen) atoms. The van der Waals surface area contributed by atoms with E-state index in [2.05, 4.69) is 39.3 Å². The minimum absolute atomic E-state index is 0.745. The van der Waals surface area contributed by atoms with Crippen LogP contribution >= 0.6 is 0 Å². The van der Waals surface area contributed by atoms with Gasteiger partial charge in [-0.1, -0.05) is 30.3 Å². The van der Waals surface area contributed by atoms with Gasteiger partial charge < -0.3 is 5.73 Å². The molecule has 3 aromatic carbocycles. The molecule has 2 heterocycles. The lowest BCUT2D eigenvalue weighted by Crippen LogP contribution is -1.96. The number of nitrogens with two attached hydrogens (primary N) is 1. The fourth-order valence-electron chi connectivity index (χ4n) is 3.27. The topological polar surface area (TPSA) is 48.2 Å². The first-order valence-electron chi connectivity index (χ1n) is 7.55. The summed E-state index contributed by atoms with van der Waals surface area (Å²) in [6, 6.07) is 24.5. The van der Waals surface area contributed by atoms with Gasteiger partial charge in [0.05, 0.1) is 27.8 Å². The van der Waals surface area contributed by atoms with Crippen molar-refractivity contribution in [1.82, 2.24) is 14.0 Å². The molecule has 2 aromatic heterocycles. The van der Waals surface area contributed by atoms with Crippen molar-refractivity contribution in [1.29, 1.82) is 0 Å². The summed E-state index contributed by atoms with van der Waals surface area (Å²) in [5, 5.41) is 0. The number of aromatic nitrogens is 3. The van der Waals surface area contributed by atoms with Crippen molar-refractivity contribution < 1.29 is 0 Å². The van der Waals surface area contributed by atoms with E-state index in [1.54, 1.807) is 0 Å². The Morgan fingerprint density at radius 2 is 1.48 bits per heavy atom. The average molecular weight is 298 g/mol. The maximum atomic E-state index is 5.99. The van der Waals surface area contributed by atoms with Crippen molar-refractivity contribution in [2.75, 3.05) is 5.73 Å². The van der Waals surface area contributed by atoms with E-state index in [-0.39, 0.29) is 0 Å². The molecule has 0 aliphatic rings. The van der Waals surface area contributed by atoms with Gasteiger partial charge in [0.15, 0.2) is 0 Å². The third kappa shape index (κ3) is 1.63. The molecule has 0 saturated carbocycles. The largest absolute Gasteiger partial charge is 0.399 e. The van der Waals surface area contributed by atoms with E-state index < -0.39 is 0 Å². The van der Waals surface area contributed by atoms with Crippen molar-refractivity contribution in [2.45, 2.75) is 0 Å². The molecule has 5 aromatic rings. The number of imidazole rings is 2. The minimum atomic E-state index is 0.745. The first kappa shape index (κ1) is 12.3. The van der Waals surface area contributed by atoms with E-state index >= 15 is 0 Å². The Morgan fingerprint density at radius 3 is 2.30 bits per heavy atom. The van der Waals surface area contributed by atoms with Crippen molar-refractivity contribution in [3.05, 3.63) is 72.8 Å². The fraction of sp³-hybridized carbons (Fsp3) is 0. The van der Waals surface area contributed by atoms with Crippen LogP contribution in [-0.2, 0) is 0 Å². The molecular weight excluding hydrogens is 284 g/mol. The normalized spacial score (nSPS) is 11.7. The summed E-state index contributed by atoms with van der Waals surface area (Å²) in [6.07, 6.45) is 0. The zero-order valence-electron chi connectivity index (χ0n) is 12.3. The second-order valence-corrected chi connectivity index (χ2v) is 5.66. The predicted octanol–water partition coefficient (Wildman–Crippen LogP) is 4.01. The highest BCUT2D eigenvalue weighted by atomic mass is 15.2. The Morgan fingerprint density at radius 1 is 0.739 bits per heavy atom. The molecule has 110 valence electrons. The smallest absolute Gasteiger partial charge is 0.220 e. The van der Waals surface area contributed by atoms with Crippen LogP contribution in [-0.4, -0.2) is 14.0 Å². The number of para-hydroxylation sites is 4. The lowest BCUT2D eigenvalue weighted by Gasteiger charge is -2.05. The number of anilines is 1. The molecule has 0 unspecified atom stereocenters. The lowest BCUT2D eigenvalue weighted by molar-refractivity contribution is 1.11. The number of benzene rings is 3. The van der Waals surface area contributed by atoms with Crippen LogP contribution in [0.15, 0.2) is 72.8 Å².